The Labute approximate surface area is 191 Å². The molecule has 0 aliphatic rings. The van der Waals surface area contributed by atoms with Crippen molar-refractivity contribution < 1.29 is 14.1 Å². The van der Waals surface area contributed by atoms with Crippen molar-refractivity contribution >= 4 is 28.5 Å². The Kier molecular flexibility index (Phi) is 6.55. The van der Waals surface area contributed by atoms with Crippen molar-refractivity contribution in [2.75, 3.05) is 6.61 Å². The first-order chi connectivity index (χ1) is 15.4. The Morgan fingerprint density at radius 2 is 2.00 bits per heavy atom. The topological polar surface area (TPSA) is 83.0 Å². The number of ether oxygens (including phenoxy) is 1. The smallest absolute Gasteiger partial charge is 0.307 e. The van der Waals surface area contributed by atoms with E-state index in [-0.39, 0.29) is 12.4 Å². The van der Waals surface area contributed by atoms with E-state index in [2.05, 4.69) is 29.1 Å². The van der Waals surface area contributed by atoms with Crippen LogP contribution in [0.3, 0.4) is 0 Å². The molecule has 4 rings (SSSR count). The molecule has 32 heavy (non-hydrogen) atoms. The third kappa shape index (κ3) is 4.83. The largest absolute Gasteiger partial charge is 0.466 e. The van der Waals surface area contributed by atoms with Crippen LogP contribution in [0, 0.1) is 5.92 Å². The summed E-state index contributed by atoms with van der Waals surface area (Å²) in [7, 11) is 0. The molecule has 0 saturated carbocycles. The van der Waals surface area contributed by atoms with Crippen molar-refractivity contribution in [1.82, 2.24) is 19.9 Å². The van der Waals surface area contributed by atoms with E-state index in [1.165, 1.54) is 0 Å². The summed E-state index contributed by atoms with van der Waals surface area (Å²) >= 11 is 6.45. The lowest BCUT2D eigenvalue weighted by Crippen LogP contribution is -2.09. The summed E-state index contributed by atoms with van der Waals surface area (Å²) in [5, 5.41) is 10.2. The number of aryl methyl sites for hydroxylation is 1. The molecule has 0 fully saturated rings. The van der Waals surface area contributed by atoms with Crippen LogP contribution < -0.4 is 0 Å². The summed E-state index contributed by atoms with van der Waals surface area (Å²) in [6, 6.07) is 11.6. The van der Waals surface area contributed by atoms with E-state index < -0.39 is 0 Å². The van der Waals surface area contributed by atoms with Gasteiger partial charge in [-0.2, -0.15) is 10.1 Å². The van der Waals surface area contributed by atoms with Gasteiger partial charge in [0, 0.05) is 21.5 Å². The number of aromatic nitrogens is 4. The highest BCUT2D eigenvalue weighted by Crippen LogP contribution is 2.29. The summed E-state index contributed by atoms with van der Waals surface area (Å²) in [6.45, 7) is 6.96. The van der Waals surface area contributed by atoms with Gasteiger partial charge in [0.1, 0.15) is 0 Å². The maximum atomic E-state index is 11.6. The summed E-state index contributed by atoms with van der Waals surface area (Å²) in [5.41, 5.74) is 3.64. The molecule has 0 saturated heterocycles. The van der Waals surface area contributed by atoms with E-state index in [1.54, 1.807) is 17.8 Å². The first-order valence-corrected chi connectivity index (χ1v) is 11.1. The van der Waals surface area contributed by atoms with Crippen molar-refractivity contribution in [3.63, 3.8) is 0 Å². The van der Waals surface area contributed by atoms with Crippen LogP contribution in [0.2, 0.25) is 5.02 Å². The molecule has 0 spiro atoms. The Bertz CT molecular complexity index is 1250. The number of halogens is 1. The monoisotopic (exact) mass is 452 g/mol. The van der Waals surface area contributed by atoms with Crippen molar-refractivity contribution in [2.45, 2.75) is 40.2 Å². The van der Waals surface area contributed by atoms with Gasteiger partial charge in [-0.15, -0.1) is 0 Å². The van der Waals surface area contributed by atoms with Crippen LogP contribution in [0.1, 0.15) is 32.8 Å². The number of hydrogen-bond donors (Lipinski definition) is 0. The minimum atomic E-state index is -0.232. The normalized spacial score (nSPS) is 11.4. The molecule has 4 aromatic rings. The first kappa shape index (κ1) is 22.0. The van der Waals surface area contributed by atoms with Crippen molar-refractivity contribution in [1.29, 1.82) is 0 Å². The third-order valence-electron chi connectivity index (χ3n) is 5.09. The molecule has 0 N–H and O–H groups in total. The minimum absolute atomic E-state index is 0.232. The van der Waals surface area contributed by atoms with Gasteiger partial charge in [0.15, 0.2) is 0 Å². The maximum Gasteiger partial charge on any atom is 0.307 e. The van der Waals surface area contributed by atoms with Crippen LogP contribution in [0.25, 0.3) is 33.7 Å². The van der Waals surface area contributed by atoms with Crippen molar-refractivity contribution in [3.05, 3.63) is 53.2 Å². The molecular weight excluding hydrogens is 428 g/mol. The molecule has 0 unspecified atom stereocenters. The van der Waals surface area contributed by atoms with Gasteiger partial charge in [-0.05, 0) is 55.2 Å². The minimum Gasteiger partial charge on any atom is -0.466 e. The van der Waals surface area contributed by atoms with Gasteiger partial charge in [-0.3, -0.25) is 9.48 Å². The fourth-order valence-corrected chi connectivity index (χ4v) is 3.84. The summed E-state index contributed by atoms with van der Waals surface area (Å²) in [4.78, 5) is 16.2. The molecule has 0 aliphatic heterocycles. The van der Waals surface area contributed by atoms with Crippen LogP contribution in [-0.2, 0) is 22.5 Å². The first-order valence-electron chi connectivity index (χ1n) is 10.7. The van der Waals surface area contributed by atoms with E-state index in [4.69, 9.17) is 20.9 Å². The molecular formula is C24H25ClN4O3. The average Bonchev–Trinajstić information content (AvgIpc) is 3.40. The number of rotatable bonds is 8. The molecule has 166 valence electrons. The van der Waals surface area contributed by atoms with Gasteiger partial charge < -0.3 is 9.26 Å². The van der Waals surface area contributed by atoms with Crippen LogP contribution in [-0.4, -0.2) is 32.5 Å². The standard InChI is InChI=1S/C24H25ClN4O3/c1-4-31-22(30)9-10-29-21-8-7-17(12-19(21)14-26-29)23-27-24(32-28-23)18-6-5-16(11-15(2)3)20(25)13-18/h5-8,12-15H,4,9-11H2,1-3H3. The zero-order valence-electron chi connectivity index (χ0n) is 18.3. The third-order valence-corrected chi connectivity index (χ3v) is 5.44. The number of hydrogen-bond acceptors (Lipinski definition) is 6. The molecule has 2 aromatic carbocycles. The number of benzene rings is 2. The zero-order valence-corrected chi connectivity index (χ0v) is 19.1. The molecule has 0 bridgehead atoms. The number of esters is 1. The SMILES string of the molecule is CCOC(=O)CCn1ncc2cc(-c3noc(-c4ccc(CC(C)C)c(Cl)c4)n3)ccc21. The van der Waals surface area contributed by atoms with E-state index in [1.807, 2.05) is 36.4 Å². The number of fused-ring (bicyclic) bond motifs is 1. The highest BCUT2D eigenvalue weighted by atomic mass is 35.5. The number of carbonyl (C=O) groups is 1. The molecule has 0 amide bonds. The van der Waals surface area contributed by atoms with Gasteiger partial charge in [0.2, 0.25) is 5.82 Å². The van der Waals surface area contributed by atoms with Crippen molar-refractivity contribution in [2.24, 2.45) is 5.92 Å². The molecule has 0 atom stereocenters. The van der Waals surface area contributed by atoms with E-state index >= 15 is 0 Å². The predicted octanol–water partition coefficient (Wildman–Crippen LogP) is 5.56. The fourth-order valence-electron chi connectivity index (χ4n) is 3.58. The molecule has 8 heteroatoms. The second kappa shape index (κ2) is 9.53. The van der Waals surface area contributed by atoms with Crippen LogP contribution in [0.15, 0.2) is 47.1 Å². The highest BCUT2D eigenvalue weighted by molar-refractivity contribution is 6.31. The summed E-state index contributed by atoms with van der Waals surface area (Å²) in [5.74, 6) is 1.20. The molecule has 7 nitrogen and oxygen atoms in total. The van der Waals surface area contributed by atoms with Crippen molar-refractivity contribution in [3.8, 4) is 22.8 Å². The van der Waals surface area contributed by atoms with Gasteiger partial charge in [-0.25, -0.2) is 0 Å². The lowest BCUT2D eigenvalue weighted by molar-refractivity contribution is -0.143. The van der Waals surface area contributed by atoms with Gasteiger partial charge in [0.25, 0.3) is 5.89 Å². The Balaban J connectivity index is 1.53. The Morgan fingerprint density at radius 1 is 1.19 bits per heavy atom. The van der Waals surface area contributed by atoms with Crippen LogP contribution in [0.4, 0.5) is 0 Å². The highest BCUT2D eigenvalue weighted by Gasteiger charge is 2.14. The predicted molar refractivity (Wildman–Crippen MR) is 123 cm³/mol. The Morgan fingerprint density at radius 3 is 2.75 bits per heavy atom. The molecule has 2 aromatic heterocycles. The fraction of sp³-hybridized carbons (Fsp3) is 0.333. The van der Waals surface area contributed by atoms with Crippen LogP contribution in [0.5, 0.6) is 0 Å². The van der Waals surface area contributed by atoms with Gasteiger partial charge in [-0.1, -0.05) is 36.7 Å². The zero-order chi connectivity index (χ0) is 22.7. The van der Waals surface area contributed by atoms with E-state index in [9.17, 15) is 4.79 Å². The van der Waals surface area contributed by atoms with Gasteiger partial charge in [0.05, 0.1) is 31.3 Å². The average molecular weight is 453 g/mol. The second-order valence-corrected chi connectivity index (χ2v) is 8.43. The van der Waals surface area contributed by atoms with E-state index in [0.29, 0.717) is 35.8 Å². The second-order valence-electron chi connectivity index (χ2n) is 8.02. The number of carbonyl (C=O) groups excluding carboxylic acids is 1. The van der Waals surface area contributed by atoms with Gasteiger partial charge >= 0.3 is 5.97 Å². The summed E-state index contributed by atoms with van der Waals surface area (Å²) in [6.07, 6.45) is 2.96. The number of nitrogens with zero attached hydrogens (tertiary/aromatic N) is 4. The summed E-state index contributed by atoms with van der Waals surface area (Å²) < 4.78 is 12.3. The molecule has 2 heterocycles. The lowest BCUT2D eigenvalue weighted by atomic mass is 10.0. The lowest BCUT2D eigenvalue weighted by Gasteiger charge is -2.07. The quantitative estimate of drug-likeness (QED) is 0.325. The molecule has 0 radical (unpaired) electrons. The maximum absolute atomic E-state index is 11.6. The van der Waals surface area contributed by atoms with E-state index in [0.717, 1.165) is 34.0 Å². The molecule has 0 aliphatic carbocycles. The van der Waals surface area contributed by atoms with Crippen LogP contribution >= 0.6 is 11.6 Å². The Hall–Kier alpha value is -3.19.